The quantitative estimate of drug-likeness (QED) is 0.485. The largest absolute Gasteiger partial charge is 0.396 e. The molecule has 0 aliphatic rings. The van der Waals surface area contributed by atoms with E-state index in [-0.39, 0.29) is 26.6 Å². The third-order valence-electron chi connectivity index (χ3n) is 2.65. The van der Waals surface area contributed by atoms with E-state index in [9.17, 15) is 13.6 Å². The molecule has 0 atom stereocenters. The fourth-order valence-electron chi connectivity index (χ4n) is 1.52. The van der Waals surface area contributed by atoms with Crippen LogP contribution >= 0.6 is 34.8 Å². The summed E-state index contributed by atoms with van der Waals surface area (Å²) in [5, 5.41) is 2.91. The van der Waals surface area contributed by atoms with E-state index in [1.807, 2.05) is 5.43 Å². The van der Waals surface area contributed by atoms with E-state index >= 15 is 0 Å². The molecule has 120 valence electrons. The Morgan fingerprint density at radius 3 is 2.43 bits per heavy atom. The van der Waals surface area contributed by atoms with Gasteiger partial charge in [0.05, 0.1) is 22.5 Å². The first-order valence-electron chi connectivity index (χ1n) is 5.90. The third kappa shape index (κ3) is 3.69. The smallest absolute Gasteiger partial charge is 0.291 e. The number of hydrogen-bond donors (Lipinski definition) is 2. The molecule has 0 fully saturated rings. The number of rotatable bonds is 3. The maximum atomic E-state index is 13.4. The Kier molecular flexibility index (Phi) is 5.35. The van der Waals surface area contributed by atoms with Gasteiger partial charge in [-0.1, -0.05) is 40.9 Å². The summed E-state index contributed by atoms with van der Waals surface area (Å²) in [5.41, 5.74) is 6.72. The lowest BCUT2D eigenvalue weighted by Gasteiger charge is -2.07. The second-order valence-corrected chi connectivity index (χ2v) is 5.24. The van der Waals surface area contributed by atoms with E-state index in [0.29, 0.717) is 0 Å². The second kappa shape index (κ2) is 7.08. The Labute approximate surface area is 144 Å². The number of nitrogen functional groups attached to an aromatic ring is 1. The summed E-state index contributed by atoms with van der Waals surface area (Å²) in [5.74, 6) is -2.55. The van der Waals surface area contributed by atoms with Crippen molar-refractivity contribution in [2.75, 3.05) is 5.73 Å². The summed E-state index contributed by atoms with van der Waals surface area (Å²) in [7, 11) is 0. The van der Waals surface area contributed by atoms with Crippen LogP contribution in [0, 0.1) is 11.6 Å². The van der Waals surface area contributed by atoms with Crippen molar-refractivity contribution >= 4 is 52.6 Å². The lowest BCUT2D eigenvalue weighted by molar-refractivity contribution is 0.0950. The Bertz CT molecular complexity index is 794. The first-order chi connectivity index (χ1) is 10.8. The van der Waals surface area contributed by atoms with Gasteiger partial charge < -0.3 is 5.73 Å². The highest BCUT2D eigenvalue weighted by atomic mass is 35.5. The molecule has 10 heteroatoms. The molecule has 23 heavy (non-hydrogen) atoms. The van der Waals surface area contributed by atoms with Gasteiger partial charge in [0.25, 0.3) is 5.91 Å². The summed E-state index contributed by atoms with van der Waals surface area (Å²) in [6.45, 7) is 0. The normalized spacial score (nSPS) is 11.0. The molecule has 5 nitrogen and oxygen atoms in total. The van der Waals surface area contributed by atoms with Crippen molar-refractivity contribution in [1.29, 1.82) is 0 Å². The number of nitrogens with zero attached hydrogens (tertiary/aromatic N) is 2. The highest BCUT2D eigenvalue weighted by molar-refractivity contribution is 6.46. The summed E-state index contributed by atoms with van der Waals surface area (Å²) in [6, 6.07) is 3.29. The van der Waals surface area contributed by atoms with Crippen LogP contribution in [0.3, 0.4) is 0 Å². The highest BCUT2D eigenvalue weighted by Crippen LogP contribution is 2.34. The molecular weight excluding hydrogens is 373 g/mol. The molecule has 0 aliphatic carbocycles. The number of aromatic nitrogens is 1. The minimum Gasteiger partial charge on any atom is -0.396 e. The highest BCUT2D eigenvalue weighted by Gasteiger charge is 2.19. The van der Waals surface area contributed by atoms with Gasteiger partial charge in [0, 0.05) is 0 Å². The molecule has 0 saturated heterocycles. The Hall–Kier alpha value is -1.96. The first kappa shape index (κ1) is 17.4. The standard InChI is InChI=1S/C13H7Cl3F2N4O/c14-8-10(19)9(15)12(16)21-11(8)13(23)22-20-4-5-6(17)2-1-3-7(5)18/h1-4H,(H2,19,21)(H,22,23)/b20-4-. The lowest BCUT2D eigenvalue weighted by Crippen LogP contribution is -2.20. The molecule has 0 aliphatic heterocycles. The van der Waals surface area contributed by atoms with Crippen LogP contribution in [0.15, 0.2) is 23.3 Å². The predicted octanol–water partition coefficient (Wildman–Crippen LogP) is 3.67. The minimum atomic E-state index is -0.881. The van der Waals surface area contributed by atoms with Gasteiger partial charge in [-0.25, -0.2) is 19.2 Å². The van der Waals surface area contributed by atoms with Gasteiger partial charge in [-0.3, -0.25) is 4.79 Å². The number of hydrazone groups is 1. The number of amides is 1. The number of carbonyl (C=O) groups excluding carboxylic acids is 1. The molecule has 2 aromatic rings. The molecule has 1 amide bonds. The van der Waals surface area contributed by atoms with E-state index in [4.69, 9.17) is 40.5 Å². The third-order valence-corrected chi connectivity index (χ3v) is 3.78. The zero-order chi connectivity index (χ0) is 17.1. The molecule has 3 N–H and O–H groups in total. The average molecular weight is 380 g/mol. The van der Waals surface area contributed by atoms with Crippen molar-refractivity contribution in [2.24, 2.45) is 5.10 Å². The molecule has 0 spiro atoms. The average Bonchev–Trinajstić information content (AvgIpc) is 2.51. The zero-order valence-corrected chi connectivity index (χ0v) is 13.3. The monoisotopic (exact) mass is 378 g/mol. The second-order valence-electron chi connectivity index (χ2n) is 4.13. The van der Waals surface area contributed by atoms with E-state index in [0.717, 1.165) is 18.3 Å². The Morgan fingerprint density at radius 2 is 1.83 bits per heavy atom. The number of pyridine rings is 1. The van der Waals surface area contributed by atoms with Gasteiger partial charge in [-0.15, -0.1) is 0 Å². The number of anilines is 1. The van der Waals surface area contributed by atoms with Gasteiger partial charge in [-0.05, 0) is 12.1 Å². The van der Waals surface area contributed by atoms with Crippen LogP contribution in [0.1, 0.15) is 16.1 Å². The predicted molar refractivity (Wildman–Crippen MR) is 85.1 cm³/mol. The molecule has 2 rings (SSSR count). The fourth-order valence-corrected chi connectivity index (χ4v) is 2.12. The van der Waals surface area contributed by atoms with Gasteiger partial charge >= 0.3 is 0 Å². The van der Waals surface area contributed by atoms with Crippen LogP contribution in [0.4, 0.5) is 14.5 Å². The molecule has 1 aromatic carbocycles. The summed E-state index contributed by atoms with van der Waals surface area (Å²) >= 11 is 17.3. The van der Waals surface area contributed by atoms with Gasteiger partial charge in [-0.2, -0.15) is 5.10 Å². The zero-order valence-electron chi connectivity index (χ0n) is 11.1. The molecular formula is C13H7Cl3F2N4O. The molecule has 1 heterocycles. The first-order valence-corrected chi connectivity index (χ1v) is 7.03. The topological polar surface area (TPSA) is 80.4 Å². The van der Waals surface area contributed by atoms with E-state index in [1.54, 1.807) is 0 Å². The fraction of sp³-hybridized carbons (Fsp3) is 0. The number of hydrogen-bond acceptors (Lipinski definition) is 4. The maximum absolute atomic E-state index is 13.4. The van der Waals surface area contributed by atoms with Crippen molar-refractivity contribution in [3.63, 3.8) is 0 Å². The summed E-state index contributed by atoms with van der Waals surface area (Å²) in [4.78, 5) is 15.6. The lowest BCUT2D eigenvalue weighted by atomic mass is 10.2. The Balaban J connectivity index is 2.22. The van der Waals surface area contributed by atoms with Crippen molar-refractivity contribution in [2.45, 2.75) is 0 Å². The van der Waals surface area contributed by atoms with Crippen LogP contribution in [-0.2, 0) is 0 Å². The number of carbonyl (C=O) groups is 1. The molecule has 0 radical (unpaired) electrons. The van der Waals surface area contributed by atoms with E-state index in [2.05, 4.69) is 10.1 Å². The van der Waals surface area contributed by atoms with Crippen molar-refractivity contribution < 1.29 is 13.6 Å². The van der Waals surface area contributed by atoms with E-state index in [1.165, 1.54) is 6.07 Å². The number of nitrogens with one attached hydrogen (secondary N) is 1. The SMILES string of the molecule is Nc1c(Cl)c(Cl)nc(C(=O)N/N=C\c2c(F)cccc2F)c1Cl. The maximum Gasteiger partial charge on any atom is 0.291 e. The van der Waals surface area contributed by atoms with Gasteiger partial charge in [0.2, 0.25) is 0 Å². The van der Waals surface area contributed by atoms with Gasteiger partial charge in [0.1, 0.15) is 16.7 Å². The van der Waals surface area contributed by atoms with Crippen LogP contribution in [0.5, 0.6) is 0 Å². The van der Waals surface area contributed by atoms with Crippen LogP contribution in [-0.4, -0.2) is 17.1 Å². The number of halogens is 5. The summed E-state index contributed by atoms with van der Waals surface area (Å²) < 4.78 is 26.8. The number of benzene rings is 1. The van der Waals surface area contributed by atoms with Crippen molar-refractivity contribution in [3.8, 4) is 0 Å². The minimum absolute atomic E-state index is 0.0925. The van der Waals surface area contributed by atoms with Crippen LogP contribution in [0.25, 0.3) is 0 Å². The van der Waals surface area contributed by atoms with Crippen LogP contribution < -0.4 is 11.2 Å². The molecule has 0 saturated carbocycles. The molecule has 0 unspecified atom stereocenters. The number of nitrogens with two attached hydrogens (primary N) is 1. The van der Waals surface area contributed by atoms with Crippen molar-refractivity contribution in [3.05, 3.63) is 56.3 Å². The van der Waals surface area contributed by atoms with Crippen molar-refractivity contribution in [1.82, 2.24) is 10.4 Å². The van der Waals surface area contributed by atoms with Gasteiger partial charge in [0.15, 0.2) is 10.8 Å². The molecule has 1 aromatic heterocycles. The van der Waals surface area contributed by atoms with E-state index < -0.39 is 23.1 Å². The van der Waals surface area contributed by atoms with Crippen LogP contribution in [0.2, 0.25) is 15.2 Å². The molecule has 0 bridgehead atoms. The Morgan fingerprint density at radius 1 is 1.22 bits per heavy atom. The summed E-state index contributed by atoms with van der Waals surface area (Å²) in [6.07, 6.45) is 0.803.